The maximum Gasteiger partial charge on any atom is 0.225 e. The summed E-state index contributed by atoms with van der Waals surface area (Å²) in [5.41, 5.74) is 3.44. The van der Waals surface area contributed by atoms with E-state index in [1.165, 1.54) is 11.1 Å². The van der Waals surface area contributed by atoms with Gasteiger partial charge in [-0.2, -0.15) is 0 Å². The number of likely N-dealkylation sites (tertiary alicyclic amines) is 1. The minimum atomic E-state index is -0.125. The summed E-state index contributed by atoms with van der Waals surface area (Å²) in [7, 11) is 0. The Labute approximate surface area is 187 Å². The molecule has 0 radical (unpaired) electrons. The van der Waals surface area contributed by atoms with Gasteiger partial charge in [0.05, 0.1) is 12.2 Å². The van der Waals surface area contributed by atoms with Crippen molar-refractivity contribution in [1.82, 2.24) is 15.2 Å². The molecule has 1 saturated carbocycles. The highest BCUT2D eigenvalue weighted by atomic mass is 16.4. The molecule has 32 heavy (non-hydrogen) atoms. The van der Waals surface area contributed by atoms with Gasteiger partial charge in [-0.15, -0.1) is 0 Å². The molecule has 2 amide bonds. The predicted molar refractivity (Wildman–Crippen MR) is 121 cm³/mol. The molecule has 6 nitrogen and oxygen atoms in total. The molecular formula is C26H27N3O3. The first kappa shape index (κ1) is 20.5. The molecule has 3 aromatic rings. The number of aryl methyl sites for hydroxylation is 2. The van der Waals surface area contributed by atoms with Crippen molar-refractivity contribution in [3.8, 4) is 11.3 Å². The SMILES string of the molecule is Cc1ccc(-c2cnc(CCC(=O)N[C@@H]3CC(=O)N([C@H]4C[C@@H]4c4ccccc4)C3)o2)cc1. The summed E-state index contributed by atoms with van der Waals surface area (Å²) < 4.78 is 5.80. The van der Waals surface area contributed by atoms with Crippen LogP contribution in [0.4, 0.5) is 0 Å². The highest BCUT2D eigenvalue weighted by molar-refractivity contribution is 5.83. The molecule has 1 saturated heterocycles. The number of aromatic nitrogens is 1. The van der Waals surface area contributed by atoms with Crippen LogP contribution >= 0.6 is 0 Å². The van der Waals surface area contributed by atoms with Crippen LogP contribution in [0.5, 0.6) is 0 Å². The highest BCUT2D eigenvalue weighted by Crippen LogP contribution is 2.45. The molecule has 1 aliphatic carbocycles. The summed E-state index contributed by atoms with van der Waals surface area (Å²) in [5, 5.41) is 3.02. The fourth-order valence-electron chi connectivity index (χ4n) is 4.53. The van der Waals surface area contributed by atoms with Gasteiger partial charge in [-0.1, -0.05) is 60.2 Å². The topological polar surface area (TPSA) is 75.4 Å². The number of benzene rings is 2. The van der Waals surface area contributed by atoms with E-state index in [-0.39, 0.29) is 30.3 Å². The first-order chi connectivity index (χ1) is 15.6. The van der Waals surface area contributed by atoms with Crippen molar-refractivity contribution in [1.29, 1.82) is 0 Å². The van der Waals surface area contributed by atoms with Gasteiger partial charge < -0.3 is 14.6 Å². The van der Waals surface area contributed by atoms with E-state index in [0.717, 1.165) is 12.0 Å². The number of carbonyl (C=O) groups is 2. The zero-order valence-corrected chi connectivity index (χ0v) is 18.2. The Morgan fingerprint density at radius 2 is 1.94 bits per heavy atom. The van der Waals surface area contributed by atoms with Crippen LogP contribution in [-0.2, 0) is 16.0 Å². The highest BCUT2D eigenvalue weighted by Gasteiger charge is 2.47. The Kier molecular flexibility index (Phi) is 5.52. The lowest BCUT2D eigenvalue weighted by molar-refractivity contribution is -0.128. The molecule has 1 aromatic heterocycles. The van der Waals surface area contributed by atoms with Gasteiger partial charge in [0.1, 0.15) is 0 Å². The van der Waals surface area contributed by atoms with E-state index in [0.29, 0.717) is 37.0 Å². The molecule has 2 fully saturated rings. The Hall–Kier alpha value is -3.41. The number of carbonyl (C=O) groups excluding carboxylic acids is 2. The van der Waals surface area contributed by atoms with Crippen LogP contribution in [-0.4, -0.2) is 40.3 Å². The second-order valence-electron chi connectivity index (χ2n) is 8.82. The van der Waals surface area contributed by atoms with Gasteiger partial charge in [0.25, 0.3) is 0 Å². The molecule has 0 bridgehead atoms. The Bertz CT molecular complexity index is 1110. The largest absolute Gasteiger partial charge is 0.441 e. The van der Waals surface area contributed by atoms with Crippen LogP contribution in [0.1, 0.15) is 42.2 Å². The monoisotopic (exact) mass is 429 g/mol. The third-order valence-electron chi connectivity index (χ3n) is 6.36. The lowest BCUT2D eigenvalue weighted by Gasteiger charge is -2.17. The number of amides is 2. The van der Waals surface area contributed by atoms with E-state index in [1.54, 1.807) is 6.20 Å². The average Bonchev–Trinajstić information content (AvgIpc) is 3.30. The van der Waals surface area contributed by atoms with Gasteiger partial charge in [-0.3, -0.25) is 9.59 Å². The summed E-state index contributed by atoms with van der Waals surface area (Å²) in [6, 6.07) is 18.5. The average molecular weight is 430 g/mol. The maximum atomic E-state index is 12.5. The Morgan fingerprint density at radius 1 is 1.16 bits per heavy atom. The molecule has 5 rings (SSSR count). The van der Waals surface area contributed by atoms with Crippen molar-refractivity contribution in [2.45, 2.75) is 50.6 Å². The van der Waals surface area contributed by atoms with E-state index in [9.17, 15) is 9.59 Å². The molecular weight excluding hydrogens is 402 g/mol. The van der Waals surface area contributed by atoms with Crippen molar-refractivity contribution in [2.24, 2.45) is 0 Å². The second-order valence-corrected chi connectivity index (χ2v) is 8.82. The lowest BCUT2D eigenvalue weighted by Crippen LogP contribution is -2.37. The maximum absolute atomic E-state index is 12.5. The molecule has 1 aliphatic heterocycles. The molecule has 6 heteroatoms. The summed E-state index contributed by atoms with van der Waals surface area (Å²) >= 11 is 0. The predicted octanol–water partition coefficient (Wildman–Crippen LogP) is 3.86. The number of nitrogens with one attached hydrogen (secondary N) is 1. The van der Waals surface area contributed by atoms with E-state index in [4.69, 9.17) is 4.42 Å². The quantitative estimate of drug-likeness (QED) is 0.619. The fraction of sp³-hybridized carbons (Fsp3) is 0.346. The number of rotatable bonds is 7. The van der Waals surface area contributed by atoms with E-state index in [1.807, 2.05) is 54.3 Å². The number of oxazole rings is 1. The van der Waals surface area contributed by atoms with Crippen LogP contribution in [0.2, 0.25) is 0 Å². The second kappa shape index (κ2) is 8.61. The van der Waals surface area contributed by atoms with Crippen LogP contribution in [0.3, 0.4) is 0 Å². The van der Waals surface area contributed by atoms with Gasteiger partial charge in [0, 0.05) is 43.3 Å². The standard InChI is InChI=1S/C26H27N3O3/c1-17-7-9-19(10-8-17)23-15-27-25(32-23)12-11-24(30)28-20-13-26(31)29(16-20)22-14-21(22)18-5-3-2-4-6-18/h2-10,15,20-22H,11-14,16H2,1H3,(H,28,30)/t20-,21-,22+/m1/s1. The van der Waals surface area contributed by atoms with E-state index >= 15 is 0 Å². The van der Waals surface area contributed by atoms with E-state index < -0.39 is 0 Å². The summed E-state index contributed by atoms with van der Waals surface area (Å²) in [6.45, 7) is 2.63. The van der Waals surface area contributed by atoms with Crippen molar-refractivity contribution in [2.75, 3.05) is 6.54 Å². The Morgan fingerprint density at radius 3 is 2.72 bits per heavy atom. The normalized spacial score (nSPS) is 22.2. The van der Waals surface area contributed by atoms with Crippen molar-refractivity contribution >= 4 is 11.8 Å². The molecule has 0 unspecified atom stereocenters. The summed E-state index contributed by atoms with van der Waals surface area (Å²) in [5.74, 6) is 1.73. The van der Waals surface area contributed by atoms with Crippen LogP contribution in [0.25, 0.3) is 11.3 Å². The first-order valence-electron chi connectivity index (χ1n) is 11.2. The van der Waals surface area contributed by atoms with Crippen LogP contribution in [0.15, 0.2) is 65.2 Å². The zero-order chi connectivity index (χ0) is 22.1. The van der Waals surface area contributed by atoms with Crippen LogP contribution < -0.4 is 5.32 Å². The number of hydrogen-bond donors (Lipinski definition) is 1. The third kappa shape index (κ3) is 4.44. The molecule has 0 spiro atoms. The van der Waals surface area contributed by atoms with Gasteiger partial charge in [0.2, 0.25) is 11.8 Å². The molecule has 3 atom stereocenters. The number of nitrogens with zero attached hydrogens (tertiary/aromatic N) is 2. The van der Waals surface area contributed by atoms with Crippen molar-refractivity contribution in [3.63, 3.8) is 0 Å². The summed E-state index contributed by atoms with van der Waals surface area (Å²) in [4.78, 5) is 31.2. The van der Waals surface area contributed by atoms with E-state index in [2.05, 4.69) is 22.4 Å². The molecule has 1 N–H and O–H groups in total. The van der Waals surface area contributed by atoms with Gasteiger partial charge in [0.15, 0.2) is 11.7 Å². The van der Waals surface area contributed by atoms with Gasteiger partial charge in [-0.05, 0) is 18.9 Å². The molecule has 164 valence electrons. The first-order valence-corrected chi connectivity index (χ1v) is 11.2. The fourth-order valence-corrected chi connectivity index (χ4v) is 4.53. The third-order valence-corrected chi connectivity index (χ3v) is 6.36. The van der Waals surface area contributed by atoms with Crippen LogP contribution in [0, 0.1) is 6.92 Å². The minimum absolute atomic E-state index is 0.0739. The zero-order valence-electron chi connectivity index (χ0n) is 18.2. The molecule has 2 heterocycles. The van der Waals surface area contributed by atoms with Crippen molar-refractivity contribution in [3.05, 3.63) is 77.8 Å². The lowest BCUT2D eigenvalue weighted by atomic mass is 10.1. The smallest absolute Gasteiger partial charge is 0.225 e. The van der Waals surface area contributed by atoms with Gasteiger partial charge >= 0.3 is 0 Å². The number of hydrogen-bond acceptors (Lipinski definition) is 4. The molecule has 2 aliphatic rings. The molecule has 2 aromatic carbocycles. The van der Waals surface area contributed by atoms with Crippen molar-refractivity contribution < 1.29 is 14.0 Å². The summed E-state index contributed by atoms with van der Waals surface area (Å²) in [6.07, 6.45) is 3.80. The minimum Gasteiger partial charge on any atom is -0.441 e. The van der Waals surface area contributed by atoms with Gasteiger partial charge in [-0.25, -0.2) is 4.98 Å². The Balaban J connectivity index is 1.10.